The summed E-state index contributed by atoms with van der Waals surface area (Å²) in [6.07, 6.45) is 31.7. The summed E-state index contributed by atoms with van der Waals surface area (Å²) in [5.41, 5.74) is 29.6. The first-order chi connectivity index (χ1) is 55.5. The van der Waals surface area contributed by atoms with Crippen LogP contribution in [-0.2, 0) is 21.7 Å². The molecule has 4 aliphatic carbocycles. The molecule has 0 aromatic heterocycles. The topological polar surface area (TPSA) is 3.24 Å². The predicted molar refractivity (Wildman–Crippen MR) is 480 cm³/mol. The fourth-order valence-corrected chi connectivity index (χ4v) is 20.3. The Morgan fingerprint density at radius 1 is 0.257 bits per heavy atom. The number of fused-ring (bicyclic) bond motifs is 17. The Balaban J connectivity index is 0.916. The molecule has 4 aliphatic rings. The van der Waals surface area contributed by atoms with Crippen molar-refractivity contribution in [3.8, 4) is 162 Å². The number of terminal acetylenes is 2. The lowest BCUT2D eigenvalue weighted by Crippen LogP contribution is -2.26. The van der Waals surface area contributed by atoms with Crippen LogP contribution in [0.25, 0.3) is 99.1 Å². The van der Waals surface area contributed by atoms with Crippen LogP contribution in [0, 0.1) is 110 Å². The van der Waals surface area contributed by atoms with Crippen LogP contribution in [0.2, 0.25) is 0 Å². The number of rotatable bonds is 23. The number of anilines is 3. The third-order valence-electron chi connectivity index (χ3n) is 25.6. The van der Waals surface area contributed by atoms with Gasteiger partial charge in [-0.05, 0) is 328 Å². The Labute approximate surface area is 672 Å². The zero-order valence-corrected chi connectivity index (χ0v) is 67.0. The van der Waals surface area contributed by atoms with E-state index in [0.717, 1.165) is 146 Å². The normalized spacial score (nSPS) is 13.6. The Hall–Kier alpha value is -12.3. The van der Waals surface area contributed by atoms with Gasteiger partial charge in [-0.15, -0.1) is 12.8 Å². The highest BCUT2D eigenvalue weighted by atomic mass is 15.1. The Bertz CT molecular complexity index is 6130. The van der Waals surface area contributed by atoms with E-state index in [-0.39, 0.29) is 16.2 Å². The molecule has 12 aromatic rings. The van der Waals surface area contributed by atoms with E-state index in [0.29, 0.717) is 0 Å². The Morgan fingerprint density at radius 2 is 0.584 bits per heavy atom. The van der Waals surface area contributed by atoms with E-state index >= 15 is 0 Å². The van der Waals surface area contributed by atoms with Gasteiger partial charge in [0.05, 0.1) is 0 Å². The van der Waals surface area contributed by atoms with E-state index in [1.807, 2.05) is 0 Å². The molecule has 0 atom stereocenters. The van der Waals surface area contributed by atoms with Gasteiger partial charge in [-0.1, -0.05) is 293 Å². The van der Waals surface area contributed by atoms with E-state index in [4.69, 9.17) is 12.8 Å². The standard InChI is InChI=1S/C112H97N/c1-11-19-27-29-31-39-67-112(68-40-32-30-28-20-12-2)105-72-81(97-77-99-87-43-35-33-41-85(87)96(76-98(99)88-44-36-34-42-86(88)97)80-50-60-102-100(71-80)89-45-37-38-46-101(89)109(102,61-21-13-3)62-22-14-4)49-56-92(105)95-59-53-84(75-108(95)112)113(82-51-57-93-90-54-47-78(9)69-103(90)110(63-23-15-5,64-24-16-6)106(93)73-82)83-52-58-94-91-55-48-79(10)70-104(91)111(65-25-17-7,66-26-18-8)107(94)74-83/h1-2,33-38,41-60,69-77H,13-18,21-26,61-66H2,3-10H3. The molecule has 16 rings (SSSR count). The van der Waals surface area contributed by atoms with Crippen molar-refractivity contribution >= 4 is 49.4 Å². The van der Waals surface area contributed by atoms with E-state index in [9.17, 15) is 0 Å². The van der Waals surface area contributed by atoms with Crippen LogP contribution in [0.1, 0.15) is 213 Å². The summed E-state index contributed by atoms with van der Waals surface area (Å²) in [6, 6.07) is 82.9. The fourth-order valence-electron chi connectivity index (χ4n) is 20.3. The first-order valence-corrected chi connectivity index (χ1v) is 41.7. The van der Waals surface area contributed by atoms with Crippen molar-refractivity contribution in [1.82, 2.24) is 0 Å². The average Bonchev–Trinajstić information content (AvgIpc) is 1.66. The molecule has 113 heavy (non-hydrogen) atoms. The van der Waals surface area contributed by atoms with Gasteiger partial charge in [-0.25, -0.2) is 0 Å². The number of nitrogens with zero attached hydrogens (tertiary/aromatic N) is 1. The first-order valence-electron chi connectivity index (χ1n) is 41.7. The molecule has 0 bridgehead atoms. The molecular weight excluding hydrogens is 1360 g/mol. The molecular formula is C112H97N. The number of unbranched alkanes of at least 4 members (excludes halogenated alkanes) is 6. The lowest BCUT2D eigenvalue weighted by atomic mass is 9.70. The van der Waals surface area contributed by atoms with Crippen molar-refractivity contribution in [3.05, 3.63) is 268 Å². The molecule has 1 nitrogen and oxygen atoms in total. The van der Waals surface area contributed by atoms with Gasteiger partial charge < -0.3 is 4.90 Å². The summed E-state index contributed by atoms with van der Waals surface area (Å²) in [5, 5.41) is 7.14. The lowest BCUT2D eigenvalue weighted by Gasteiger charge is -2.35. The van der Waals surface area contributed by atoms with Crippen molar-refractivity contribution in [2.24, 2.45) is 0 Å². The van der Waals surface area contributed by atoms with Crippen molar-refractivity contribution in [2.45, 2.75) is 193 Å². The highest BCUT2D eigenvalue weighted by Gasteiger charge is 2.47. The fraction of sp³-hybridized carbons (Fsp3) is 0.268. The Kier molecular flexibility index (Phi) is 21.1. The van der Waals surface area contributed by atoms with Crippen molar-refractivity contribution in [2.75, 3.05) is 4.90 Å². The van der Waals surface area contributed by atoms with Gasteiger partial charge in [0.1, 0.15) is 5.41 Å². The van der Waals surface area contributed by atoms with E-state index in [2.05, 4.69) is 355 Å². The summed E-state index contributed by atoms with van der Waals surface area (Å²) in [7, 11) is 0. The van der Waals surface area contributed by atoms with Crippen LogP contribution in [-0.4, -0.2) is 0 Å². The second-order valence-corrected chi connectivity index (χ2v) is 32.1. The van der Waals surface area contributed by atoms with Crippen LogP contribution < -0.4 is 4.90 Å². The van der Waals surface area contributed by atoms with Gasteiger partial charge >= 0.3 is 0 Å². The maximum absolute atomic E-state index is 5.66. The molecule has 0 radical (unpaired) electrons. The van der Waals surface area contributed by atoms with Crippen molar-refractivity contribution in [1.29, 1.82) is 0 Å². The SMILES string of the molecule is C#CC#CC#CC#CC1(C#CC#CC#CC#C)c2cc(-c3cc4c5ccccc5c(-c5ccc6c(c5)-c5ccccc5C6(CCCC)CCCC)cc4c4ccccc34)ccc2-c2ccc(N(c3ccc4c(c3)C(CCCC)(CCCC)c3cc(C)ccc3-4)c3ccc4c(c3)C(CCCC)(CCCC)c3cc(C)ccc3-4)cc21. The highest BCUT2D eigenvalue weighted by Crippen LogP contribution is 2.61. The van der Waals surface area contributed by atoms with Crippen LogP contribution in [0.3, 0.4) is 0 Å². The van der Waals surface area contributed by atoms with Crippen LogP contribution in [0.5, 0.6) is 0 Å². The summed E-state index contributed by atoms with van der Waals surface area (Å²) in [5.74, 6) is 42.2. The largest absolute Gasteiger partial charge is 0.310 e. The minimum Gasteiger partial charge on any atom is -0.310 e. The van der Waals surface area contributed by atoms with Crippen molar-refractivity contribution in [3.63, 3.8) is 0 Å². The summed E-state index contributed by atoms with van der Waals surface area (Å²) in [4.78, 5) is 2.55. The predicted octanol–water partition coefficient (Wildman–Crippen LogP) is 28.1. The molecule has 0 saturated heterocycles. The molecule has 1 heteroatoms. The van der Waals surface area contributed by atoms with E-state index in [1.54, 1.807) is 0 Å². The minimum absolute atomic E-state index is 0.00814. The third-order valence-corrected chi connectivity index (χ3v) is 25.6. The molecule has 550 valence electrons. The van der Waals surface area contributed by atoms with E-state index in [1.165, 1.54) is 142 Å². The lowest BCUT2D eigenvalue weighted by molar-refractivity contribution is 0.414. The van der Waals surface area contributed by atoms with Crippen LogP contribution in [0.15, 0.2) is 212 Å². The van der Waals surface area contributed by atoms with Gasteiger partial charge in [0, 0.05) is 33.3 Å². The zero-order chi connectivity index (χ0) is 77.9. The number of aryl methyl sites for hydroxylation is 2. The average molecular weight is 1460 g/mol. The second-order valence-electron chi connectivity index (χ2n) is 32.1. The Morgan fingerprint density at radius 3 is 1.04 bits per heavy atom. The zero-order valence-electron chi connectivity index (χ0n) is 67.0. The number of benzene rings is 12. The van der Waals surface area contributed by atoms with Gasteiger partial charge in [-0.2, -0.15) is 0 Å². The highest BCUT2D eigenvalue weighted by molar-refractivity contribution is 6.24. The molecule has 0 amide bonds. The molecule has 0 aliphatic heterocycles. The van der Waals surface area contributed by atoms with Crippen molar-refractivity contribution < 1.29 is 0 Å². The second kappa shape index (κ2) is 31.8. The molecule has 0 heterocycles. The molecule has 0 saturated carbocycles. The van der Waals surface area contributed by atoms with Crippen LogP contribution in [0.4, 0.5) is 17.1 Å². The molecule has 0 fully saturated rings. The summed E-state index contributed by atoms with van der Waals surface area (Å²) < 4.78 is 0. The maximum atomic E-state index is 5.66. The van der Waals surface area contributed by atoms with Gasteiger partial charge in [-0.3, -0.25) is 0 Å². The van der Waals surface area contributed by atoms with Crippen LogP contribution >= 0.6 is 0 Å². The first kappa shape index (κ1) is 74.8. The summed E-state index contributed by atoms with van der Waals surface area (Å²) >= 11 is 0. The third kappa shape index (κ3) is 12.9. The van der Waals surface area contributed by atoms with Gasteiger partial charge in [0.2, 0.25) is 0 Å². The number of hydrogen-bond acceptors (Lipinski definition) is 1. The molecule has 12 aromatic carbocycles. The molecule has 0 spiro atoms. The smallest absolute Gasteiger partial charge is 0.145 e. The molecule has 0 unspecified atom stereocenters. The van der Waals surface area contributed by atoms with Gasteiger partial charge in [0.25, 0.3) is 0 Å². The van der Waals surface area contributed by atoms with E-state index < -0.39 is 5.41 Å². The number of hydrogen-bond donors (Lipinski definition) is 0. The summed E-state index contributed by atoms with van der Waals surface area (Å²) in [6.45, 7) is 18.6. The molecule has 0 N–H and O–H groups in total. The maximum Gasteiger partial charge on any atom is 0.145 e. The van der Waals surface area contributed by atoms with Gasteiger partial charge in [0.15, 0.2) is 0 Å². The monoisotopic (exact) mass is 1460 g/mol. The quantitative estimate of drug-likeness (QED) is 0.0456. The minimum atomic E-state index is -1.30.